The molecule has 31 heavy (non-hydrogen) atoms. The molecule has 0 aliphatic carbocycles. The zero-order valence-electron chi connectivity index (χ0n) is 18.9. The Kier molecular flexibility index (Phi) is 9.81. The fourth-order valence-electron chi connectivity index (χ4n) is 3.45. The van der Waals surface area contributed by atoms with E-state index >= 15 is 0 Å². The van der Waals surface area contributed by atoms with Crippen LogP contribution in [0.25, 0.3) is 0 Å². The van der Waals surface area contributed by atoms with Crippen LogP contribution >= 0.6 is 0 Å². The van der Waals surface area contributed by atoms with Gasteiger partial charge in [-0.15, -0.1) is 0 Å². The van der Waals surface area contributed by atoms with Crippen LogP contribution in [-0.2, 0) is 16.6 Å². The minimum atomic E-state index is -3.35. The van der Waals surface area contributed by atoms with Gasteiger partial charge >= 0.3 is 0 Å². The summed E-state index contributed by atoms with van der Waals surface area (Å²) in [6, 6.07) is 18.0. The van der Waals surface area contributed by atoms with Gasteiger partial charge in [0.1, 0.15) is 0 Å². The Hall–Kier alpha value is -2.58. The van der Waals surface area contributed by atoms with Crippen molar-refractivity contribution in [3.63, 3.8) is 0 Å². The number of sulfonamides is 1. The van der Waals surface area contributed by atoms with E-state index in [1.165, 1.54) is 5.56 Å². The van der Waals surface area contributed by atoms with Crippen LogP contribution in [0.3, 0.4) is 0 Å². The monoisotopic (exact) mass is 445 g/mol. The van der Waals surface area contributed by atoms with Crippen LogP contribution in [0, 0.1) is 0 Å². The zero-order valence-corrected chi connectivity index (χ0v) is 19.7. The Morgan fingerprint density at radius 2 is 1.61 bits per heavy atom. The van der Waals surface area contributed by atoms with E-state index in [0.717, 1.165) is 31.5 Å². The Balaban J connectivity index is 2.17. The molecule has 0 heterocycles. The number of nitrogens with zero attached hydrogens (tertiary/aromatic N) is 2. The Morgan fingerprint density at radius 1 is 0.968 bits per heavy atom. The van der Waals surface area contributed by atoms with Gasteiger partial charge in [-0.25, -0.2) is 13.4 Å². The maximum Gasteiger partial charge on any atom is 0.229 e. The van der Waals surface area contributed by atoms with Gasteiger partial charge in [0.15, 0.2) is 5.96 Å². The highest BCUT2D eigenvalue weighted by molar-refractivity contribution is 7.92. The highest BCUT2D eigenvalue weighted by Crippen LogP contribution is 2.20. The fourth-order valence-corrected chi connectivity index (χ4v) is 4.05. The van der Waals surface area contributed by atoms with Crippen molar-refractivity contribution >= 4 is 21.7 Å². The Bertz CT molecular complexity index is 928. The average Bonchev–Trinajstić information content (AvgIpc) is 2.75. The van der Waals surface area contributed by atoms with Gasteiger partial charge in [-0.1, -0.05) is 62.4 Å². The summed E-state index contributed by atoms with van der Waals surface area (Å²) in [6.07, 6.45) is 1.15. The van der Waals surface area contributed by atoms with Crippen LogP contribution in [0.4, 0.5) is 5.69 Å². The van der Waals surface area contributed by atoms with Gasteiger partial charge in [0.05, 0.1) is 24.5 Å². The number of anilines is 1. The second-order valence-electron chi connectivity index (χ2n) is 7.26. The number of benzene rings is 2. The fraction of sp³-hybridized carbons (Fsp3) is 0.435. The van der Waals surface area contributed by atoms with Gasteiger partial charge in [-0.3, -0.25) is 9.62 Å². The molecule has 2 aromatic rings. The van der Waals surface area contributed by atoms with Gasteiger partial charge in [-0.05, 0) is 37.2 Å². The number of hydrogen-bond donors (Lipinski definition) is 3. The van der Waals surface area contributed by atoms with E-state index in [2.05, 4.69) is 58.4 Å². The number of guanidine groups is 1. The molecule has 1 atom stereocenters. The lowest BCUT2D eigenvalue weighted by Crippen LogP contribution is -2.43. The molecular weight excluding hydrogens is 410 g/mol. The normalized spacial score (nSPS) is 13.1. The summed E-state index contributed by atoms with van der Waals surface area (Å²) in [4.78, 5) is 7.11. The highest BCUT2D eigenvalue weighted by Gasteiger charge is 2.18. The first-order chi connectivity index (χ1) is 14.9. The number of likely N-dealkylation sites (N-methyl/N-ethyl adjacent to an activating group) is 1. The van der Waals surface area contributed by atoms with Crippen LogP contribution in [0.5, 0.6) is 0 Å². The molecule has 1 unspecified atom stereocenters. The van der Waals surface area contributed by atoms with E-state index in [4.69, 9.17) is 4.99 Å². The second-order valence-corrected chi connectivity index (χ2v) is 9.00. The van der Waals surface area contributed by atoms with E-state index in [1.807, 2.05) is 25.1 Å². The summed E-state index contributed by atoms with van der Waals surface area (Å²) in [5, 5.41) is 6.75. The molecule has 0 amide bonds. The average molecular weight is 446 g/mol. The van der Waals surface area contributed by atoms with Crippen molar-refractivity contribution < 1.29 is 8.42 Å². The highest BCUT2D eigenvalue weighted by atomic mass is 32.2. The lowest BCUT2D eigenvalue weighted by Gasteiger charge is -2.30. The SMILES string of the molecule is CCNC(=NCc1ccccc1NS(C)(=O)=O)NCC(c1ccccc1)N(CC)CC. The molecule has 0 fully saturated rings. The summed E-state index contributed by atoms with van der Waals surface area (Å²) in [6.45, 7) is 10.1. The summed E-state index contributed by atoms with van der Waals surface area (Å²) < 4.78 is 25.9. The molecule has 3 N–H and O–H groups in total. The molecule has 7 nitrogen and oxygen atoms in total. The molecule has 0 bridgehead atoms. The first-order valence-corrected chi connectivity index (χ1v) is 12.6. The maximum absolute atomic E-state index is 11.7. The molecule has 0 spiro atoms. The van der Waals surface area contributed by atoms with Crippen molar-refractivity contribution in [2.24, 2.45) is 4.99 Å². The second kappa shape index (κ2) is 12.3. The first kappa shape index (κ1) is 24.7. The smallest absolute Gasteiger partial charge is 0.229 e. The molecule has 0 saturated heterocycles. The van der Waals surface area contributed by atoms with E-state index in [9.17, 15) is 8.42 Å². The minimum absolute atomic E-state index is 0.222. The largest absolute Gasteiger partial charge is 0.357 e. The maximum atomic E-state index is 11.7. The molecule has 8 heteroatoms. The molecule has 0 aliphatic rings. The number of aliphatic imine (C=N–C) groups is 1. The minimum Gasteiger partial charge on any atom is -0.357 e. The van der Waals surface area contributed by atoms with Gasteiger partial charge in [-0.2, -0.15) is 0 Å². The van der Waals surface area contributed by atoms with Crippen molar-refractivity contribution in [1.82, 2.24) is 15.5 Å². The summed E-state index contributed by atoms with van der Waals surface area (Å²) in [5.74, 6) is 0.699. The molecule has 170 valence electrons. The van der Waals surface area contributed by atoms with Gasteiger partial charge < -0.3 is 10.6 Å². The number of hydrogen-bond acceptors (Lipinski definition) is 4. The molecule has 2 rings (SSSR count). The number of para-hydroxylation sites is 1. The van der Waals surface area contributed by atoms with Crippen molar-refractivity contribution in [1.29, 1.82) is 0 Å². The Labute approximate surface area is 187 Å². The number of rotatable bonds is 11. The number of nitrogens with one attached hydrogen (secondary N) is 3. The van der Waals surface area contributed by atoms with Gasteiger partial charge in [0.2, 0.25) is 10.0 Å². The van der Waals surface area contributed by atoms with Crippen LogP contribution in [-0.4, -0.2) is 51.7 Å². The van der Waals surface area contributed by atoms with Crippen LogP contribution < -0.4 is 15.4 Å². The standard InChI is InChI=1S/C23H35N5O2S/c1-5-24-23(25-17-20-15-11-12-16-21(20)27-31(4,29)30)26-18-22(28(6-2)7-3)19-13-9-8-10-14-19/h8-16,22,27H,5-7,17-18H2,1-4H3,(H2,24,25,26). The van der Waals surface area contributed by atoms with Crippen molar-refractivity contribution in [2.75, 3.05) is 37.2 Å². The third-order valence-corrected chi connectivity index (χ3v) is 5.56. The van der Waals surface area contributed by atoms with Crippen LogP contribution in [0.2, 0.25) is 0 Å². The molecule has 2 aromatic carbocycles. The predicted molar refractivity (Wildman–Crippen MR) is 130 cm³/mol. The van der Waals surface area contributed by atoms with Crippen molar-refractivity contribution in [2.45, 2.75) is 33.4 Å². The van der Waals surface area contributed by atoms with E-state index in [0.29, 0.717) is 24.7 Å². The van der Waals surface area contributed by atoms with E-state index in [1.54, 1.807) is 12.1 Å². The molecule has 0 saturated carbocycles. The lowest BCUT2D eigenvalue weighted by molar-refractivity contribution is 0.219. The molecule has 0 aliphatic heterocycles. The van der Waals surface area contributed by atoms with Crippen molar-refractivity contribution in [3.05, 3.63) is 65.7 Å². The topological polar surface area (TPSA) is 85.8 Å². The molecule has 0 radical (unpaired) electrons. The summed E-state index contributed by atoms with van der Waals surface area (Å²) >= 11 is 0. The zero-order chi connectivity index (χ0) is 22.7. The predicted octanol–water partition coefficient (Wildman–Crippen LogP) is 3.20. The lowest BCUT2D eigenvalue weighted by atomic mass is 10.1. The first-order valence-electron chi connectivity index (χ1n) is 10.7. The van der Waals surface area contributed by atoms with E-state index < -0.39 is 10.0 Å². The van der Waals surface area contributed by atoms with Crippen LogP contribution in [0.15, 0.2) is 59.6 Å². The quantitative estimate of drug-likeness (QED) is 0.365. The van der Waals surface area contributed by atoms with Gasteiger partial charge in [0.25, 0.3) is 0 Å². The van der Waals surface area contributed by atoms with Crippen LogP contribution in [0.1, 0.15) is 37.9 Å². The Morgan fingerprint density at radius 3 is 2.23 bits per heavy atom. The van der Waals surface area contributed by atoms with Gasteiger partial charge in [0, 0.05) is 13.1 Å². The van der Waals surface area contributed by atoms with Crippen molar-refractivity contribution in [3.8, 4) is 0 Å². The van der Waals surface area contributed by atoms with E-state index in [-0.39, 0.29) is 6.04 Å². The third-order valence-electron chi connectivity index (χ3n) is 4.96. The third kappa shape index (κ3) is 8.22. The molecular formula is C23H35N5O2S. The summed E-state index contributed by atoms with van der Waals surface area (Å²) in [5.41, 5.74) is 2.63. The molecule has 0 aromatic heterocycles. The summed E-state index contributed by atoms with van der Waals surface area (Å²) in [7, 11) is -3.35.